The molecule has 0 unspecified atom stereocenters. The first-order valence-corrected chi connectivity index (χ1v) is 8.29. The lowest BCUT2D eigenvalue weighted by atomic mass is 10.1. The highest BCUT2D eigenvalue weighted by atomic mass is 16.1. The lowest BCUT2D eigenvalue weighted by Gasteiger charge is -2.24. The molecule has 5 heteroatoms. The standard InChI is InChI=1S/C19H22N4O/c1-21-10-7-16(13-19(21)24)15-22-8-4-9-23(12-11-22)18-6-3-2-5-17(18)14-20/h2-3,5-7,10,13H,4,8-9,11-12,15H2,1H3. The normalized spacial score (nSPS) is 15.8. The Labute approximate surface area is 142 Å². The van der Waals surface area contributed by atoms with Gasteiger partial charge in [-0.3, -0.25) is 9.69 Å². The summed E-state index contributed by atoms with van der Waals surface area (Å²) in [6.07, 6.45) is 2.87. The summed E-state index contributed by atoms with van der Waals surface area (Å²) >= 11 is 0. The van der Waals surface area contributed by atoms with Gasteiger partial charge in [0, 0.05) is 52.0 Å². The number of anilines is 1. The summed E-state index contributed by atoms with van der Waals surface area (Å²) in [5.41, 5.74) is 2.85. The van der Waals surface area contributed by atoms with Crippen LogP contribution in [0.25, 0.3) is 0 Å². The van der Waals surface area contributed by atoms with Crippen LogP contribution in [-0.4, -0.2) is 35.6 Å². The Morgan fingerprint density at radius 1 is 1.12 bits per heavy atom. The molecular weight excluding hydrogens is 300 g/mol. The van der Waals surface area contributed by atoms with E-state index < -0.39 is 0 Å². The van der Waals surface area contributed by atoms with Gasteiger partial charge >= 0.3 is 0 Å². The molecule has 1 aliphatic rings. The van der Waals surface area contributed by atoms with Gasteiger partial charge in [0.2, 0.25) is 0 Å². The molecule has 24 heavy (non-hydrogen) atoms. The van der Waals surface area contributed by atoms with Crippen LogP contribution >= 0.6 is 0 Å². The van der Waals surface area contributed by atoms with Gasteiger partial charge in [-0.05, 0) is 30.2 Å². The van der Waals surface area contributed by atoms with Crippen molar-refractivity contribution in [2.45, 2.75) is 13.0 Å². The van der Waals surface area contributed by atoms with Gasteiger partial charge in [0.25, 0.3) is 5.56 Å². The Hall–Kier alpha value is -2.58. The Morgan fingerprint density at radius 2 is 1.96 bits per heavy atom. The summed E-state index contributed by atoms with van der Waals surface area (Å²) < 4.78 is 1.59. The second-order valence-corrected chi connectivity index (χ2v) is 6.23. The molecule has 0 aliphatic carbocycles. The molecule has 1 fully saturated rings. The van der Waals surface area contributed by atoms with Crippen molar-refractivity contribution in [3.8, 4) is 6.07 Å². The van der Waals surface area contributed by atoms with Gasteiger partial charge in [-0.15, -0.1) is 0 Å². The SMILES string of the molecule is Cn1ccc(CN2CCCN(c3ccccc3C#N)CC2)cc1=O. The maximum absolute atomic E-state index is 11.8. The number of rotatable bonds is 3. The van der Waals surface area contributed by atoms with Crippen LogP contribution in [0.1, 0.15) is 17.5 Å². The maximum Gasteiger partial charge on any atom is 0.250 e. The lowest BCUT2D eigenvalue weighted by Crippen LogP contribution is -2.31. The van der Waals surface area contributed by atoms with Crippen LogP contribution in [0.15, 0.2) is 47.4 Å². The Morgan fingerprint density at radius 3 is 2.75 bits per heavy atom. The van der Waals surface area contributed by atoms with Crippen molar-refractivity contribution in [2.24, 2.45) is 7.05 Å². The molecule has 1 aliphatic heterocycles. The summed E-state index contributed by atoms with van der Waals surface area (Å²) in [7, 11) is 1.77. The minimum absolute atomic E-state index is 0.0342. The number of nitriles is 1. The molecule has 0 bridgehead atoms. The van der Waals surface area contributed by atoms with Crippen LogP contribution in [0.3, 0.4) is 0 Å². The third kappa shape index (κ3) is 3.66. The molecule has 2 aromatic rings. The zero-order valence-electron chi connectivity index (χ0n) is 14.0. The van der Waals surface area contributed by atoms with Crippen molar-refractivity contribution >= 4 is 5.69 Å². The zero-order chi connectivity index (χ0) is 16.9. The second kappa shape index (κ2) is 7.33. The number of aryl methyl sites for hydroxylation is 1. The molecule has 1 saturated heterocycles. The van der Waals surface area contributed by atoms with Crippen molar-refractivity contribution in [1.29, 1.82) is 5.26 Å². The van der Waals surface area contributed by atoms with Crippen molar-refractivity contribution in [1.82, 2.24) is 9.47 Å². The number of hydrogen-bond donors (Lipinski definition) is 0. The monoisotopic (exact) mass is 322 g/mol. The summed E-state index contributed by atoms with van der Waals surface area (Å²) in [5.74, 6) is 0. The first-order chi connectivity index (χ1) is 11.7. The van der Waals surface area contributed by atoms with E-state index in [1.54, 1.807) is 17.7 Å². The highest BCUT2D eigenvalue weighted by Crippen LogP contribution is 2.21. The fourth-order valence-corrected chi connectivity index (χ4v) is 3.16. The molecule has 1 aromatic heterocycles. The molecule has 0 spiro atoms. The molecule has 5 nitrogen and oxygen atoms in total. The Bertz CT molecular complexity index is 805. The van der Waals surface area contributed by atoms with Gasteiger partial charge in [0.15, 0.2) is 0 Å². The molecule has 124 valence electrons. The van der Waals surface area contributed by atoms with Gasteiger partial charge in [-0.2, -0.15) is 5.26 Å². The first kappa shape index (κ1) is 16.3. The first-order valence-electron chi connectivity index (χ1n) is 8.29. The van der Waals surface area contributed by atoms with Crippen molar-refractivity contribution < 1.29 is 0 Å². The number of hydrogen-bond acceptors (Lipinski definition) is 4. The molecular formula is C19H22N4O. The van der Waals surface area contributed by atoms with Crippen LogP contribution in [0.2, 0.25) is 0 Å². The average molecular weight is 322 g/mol. The fraction of sp³-hybridized carbons (Fsp3) is 0.368. The molecule has 0 N–H and O–H groups in total. The van der Waals surface area contributed by atoms with E-state index in [1.165, 1.54) is 0 Å². The molecule has 0 saturated carbocycles. The van der Waals surface area contributed by atoms with Gasteiger partial charge in [-0.1, -0.05) is 12.1 Å². The molecule has 0 atom stereocenters. The number of aromatic nitrogens is 1. The number of para-hydroxylation sites is 1. The largest absolute Gasteiger partial charge is 0.369 e. The van der Waals surface area contributed by atoms with Crippen LogP contribution in [-0.2, 0) is 13.6 Å². The topological polar surface area (TPSA) is 52.3 Å². The third-order valence-electron chi connectivity index (χ3n) is 4.53. The second-order valence-electron chi connectivity index (χ2n) is 6.23. The van der Waals surface area contributed by atoms with Gasteiger partial charge in [0.1, 0.15) is 6.07 Å². The van der Waals surface area contributed by atoms with Gasteiger partial charge in [0.05, 0.1) is 11.3 Å². The number of pyridine rings is 1. The number of benzene rings is 1. The van der Waals surface area contributed by atoms with Crippen molar-refractivity contribution in [3.63, 3.8) is 0 Å². The highest BCUT2D eigenvalue weighted by Gasteiger charge is 2.17. The molecule has 0 amide bonds. The summed E-state index contributed by atoms with van der Waals surface area (Å²) in [6, 6.07) is 13.8. The van der Waals surface area contributed by atoms with E-state index in [2.05, 4.69) is 15.9 Å². The van der Waals surface area contributed by atoms with E-state index in [0.29, 0.717) is 0 Å². The Kier molecular flexibility index (Phi) is 4.97. The zero-order valence-corrected chi connectivity index (χ0v) is 14.0. The Balaban J connectivity index is 1.68. The van der Waals surface area contributed by atoms with E-state index in [9.17, 15) is 10.1 Å². The smallest absolute Gasteiger partial charge is 0.250 e. The van der Waals surface area contributed by atoms with Crippen molar-refractivity contribution in [2.75, 3.05) is 31.1 Å². The van der Waals surface area contributed by atoms with Gasteiger partial charge in [-0.25, -0.2) is 0 Å². The predicted molar refractivity (Wildman–Crippen MR) is 94.9 cm³/mol. The third-order valence-corrected chi connectivity index (χ3v) is 4.53. The highest BCUT2D eigenvalue weighted by molar-refractivity contribution is 5.59. The van der Waals surface area contributed by atoms with Crippen LogP contribution in [0.4, 0.5) is 5.69 Å². The molecule has 2 heterocycles. The summed E-state index contributed by atoms with van der Waals surface area (Å²) in [4.78, 5) is 16.4. The summed E-state index contributed by atoms with van der Waals surface area (Å²) in [6.45, 7) is 4.56. The van der Waals surface area contributed by atoms with E-state index in [1.807, 2.05) is 36.5 Å². The summed E-state index contributed by atoms with van der Waals surface area (Å²) in [5, 5.41) is 9.30. The van der Waals surface area contributed by atoms with E-state index in [4.69, 9.17) is 0 Å². The van der Waals surface area contributed by atoms with Crippen LogP contribution in [0, 0.1) is 11.3 Å². The van der Waals surface area contributed by atoms with E-state index >= 15 is 0 Å². The van der Waals surface area contributed by atoms with Crippen molar-refractivity contribution in [3.05, 3.63) is 64.1 Å². The molecule has 0 radical (unpaired) electrons. The molecule has 3 rings (SSSR count). The quantitative estimate of drug-likeness (QED) is 0.867. The maximum atomic E-state index is 11.8. The average Bonchev–Trinajstić information content (AvgIpc) is 2.84. The molecule has 1 aromatic carbocycles. The lowest BCUT2D eigenvalue weighted by molar-refractivity contribution is 0.285. The van der Waals surface area contributed by atoms with E-state index in [0.717, 1.165) is 56.0 Å². The van der Waals surface area contributed by atoms with Gasteiger partial charge < -0.3 is 9.47 Å². The predicted octanol–water partition coefficient (Wildman–Crippen LogP) is 1.97. The number of nitrogens with zero attached hydrogens (tertiary/aromatic N) is 4. The minimum Gasteiger partial charge on any atom is -0.369 e. The van der Waals surface area contributed by atoms with Crippen LogP contribution in [0.5, 0.6) is 0 Å². The van der Waals surface area contributed by atoms with Crippen LogP contribution < -0.4 is 10.5 Å². The minimum atomic E-state index is 0.0342. The van der Waals surface area contributed by atoms with E-state index in [-0.39, 0.29) is 5.56 Å². The fourth-order valence-electron chi connectivity index (χ4n) is 3.16.